The minimum atomic E-state index is -1.14. The highest BCUT2D eigenvalue weighted by molar-refractivity contribution is 5.83. The second-order valence-electron chi connectivity index (χ2n) is 4.92. The Hall–Kier alpha value is -2.02. The Balaban J connectivity index is 2.77. The summed E-state index contributed by atoms with van der Waals surface area (Å²) in [5, 5.41) is 8.82. The summed E-state index contributed by atoms with van der Waals surface area (Å²) in [6.07, 6.45) is -0.299. The van der Waals surface area contributed by atoms with Gasteiger partial charge in [0, 0.05) is 19.2 Å². The van der Waals surface area contributed by atoms with Crippen molar-refractivity contribution in [3.8, 4) is 0 Å². The minimum Gasteiger partial charge on any atom is -0.480 e. The van der Waals surface area contributed by atoms with Gasteiger partial charge in [0.25, 0.3) is 0 Å². The number of amides is 1. The molecule has 1 aromatic carbocycles. The largest absolute Gasteiger partial charge is 0.480 e. The van der Waals surface area contributed by atoms with Crippen molar-refractivity contribution in [2.75, 3.05) is 33.7 Å². The highest BCUT2D eigenvalue weighted by atomic mass is 19.1. The van der Waals surface area contributed by atoms with Gasteiger partial charge in [-0.3, -0.25) is 9.59 Å². The van der Waals surface area contributed by atoms with Crippen LogP contribution in [0.1, 0.15) is 5.56 Å². The predicted molar refractivity (Wildman–Crippen MR) is 72.8 cm³/mol. The first-order chi connectivity index (χ1) is 9.79. The van der Waals surface area contributed by atoms with E-state index >= 15 is 0 Å². The Labute approximate surface area is 121 Å². The Morgan fingerprint density at radius 2 is 1.86 bits per heavy atom. The topological polar surface area (TPSA) is 60.9 Å². The minimum absolute atomic E-state index is 0.0432. The van der Waals surface area contributed by atoms with Gasteiger partial charge < -0.3 is 14.9 Å². The molecule has 0 atom stereocenters. The second kappa shape index (κ2) is 7.68. The van der Waals surface area contributed by atoms with Crippen LogP contribution in [0.3, 0.4) is 0 Å². The van der Waals surface area contributed by atoms with Gasteiger partial charge in [-0.1, -0.05) is 6.07 Å². The average molecular weight is 300 g/mol. The van der Waals surface area contributed by atoms with E-state index in [0.29, 0.717) is 12.6 Å². The van der Waals surface area contributed by atoms with E-state index in [0.717, 1.165) is 11.0 Å². The lowest BCUT2D eigenvalue weighted by Gasteiger charge is -2.22. The molecule has 0 bridgehead atoms. The van der Waals surface area contributed by atoms with Crippen LogP contribution in [-0.2, 0) is 16.0 Å². The van der Waals surface area contributed by atoms with Crippen molar-refractivity contribution >= 4 is 11.9 Å². The van der Waals surface area contributed by atoms with Gasteiger partial charge in [0.05, 0.1) is 6.42 Å². The van der Waals surface area contributed by atoms with E-state index < -0.39 is 30.1 Å². The summed E-state index contributed by atoms with van der Waals surface area (Å²) in [5.41, 5.74) is 0.0432. The van der Waals surface area contributed by atoms with E-state index in [1.165, 1.54) is 6.07 Å². The number of carboxylic acids is 1. The summed E-state index contributed by atoms with van der Waals surface area (Å²) in [4.78, 5) is 25.8. The first-order valence-electron chi connectivity index (χ1n) is 6.38. The summed E-state index contributed by atoms with van der Waals surface area (Å²) >= 11 is 0. The molecule has 0 spiro atoms. The predicted octanol–water partition coefficient (Wildman–Crippen LogP) is 0.982. The van der Waals surface area contributed by atoms with Gasteiger partial charge >= 0.3 is 5.97 Å². The van der Waals surface area contributed by atoms with Crippen LogP contribution in [0.5, 0.6) is 0 Å². The molecule has 1 aromatic rings. The number of likely N-dealkylation sites (N-methyl/N-ethyl adjacent to an activating group) is 1. The normalized spacial score (nSPS) is 10.7. The molecule has 0 aromatic heterocycles. The molecule has 5 nitrogen and oxygen atoms in total. The van der Waals surface area contributed by atoms with Crippen molar-refractivity contribution in [3.63, 3.8) is 0 Å². The summed E-state index contributed by atoms with van der Waals surface area (Å²) in [5.74, 6) is -3.18. The third-order valence-corrected chi connectivity index (χ3v) is 2.85. The van der Waals surface area contributed by atoms with E-state index in [4.69, 9.17) is 5.11 Å². The standard InChI is InChI=1S/C14H18F2N2O3/c1-17(2)5-6-18(9-14(20)21)13(19)7-10-3-4-11(15)8-12(10)16/h3-4,8H,5-7,9H2,1-2H3,(H,20,21). The number of carbonyl (C=O) groups is 2. The number of benzene rings is 1. The quantitative estimate of drug-likeness (QED) is 0.815. The first-order valence-corrected chi connectivity index (χ1v) is 6.38. The first kappa shape index (κ1) is 17.0. The number of hydrogen-bond acceptors (Lipinski definition) is 3. The maximum Gasteiger partial charge on any atom is 0.323 e. The van der Waals surface area contributed by atoms with Crippen molar-refractivity contribution in [3.05, 3.63) is 35.4 Å². The molecule has 1 amide bonds. The lowest BCUT2D eigenvalue weighted by Crippen LogP contribution is -2.40. The molecule has 116 valence electrons. The fraction of sp³-hybridized carbons (Fsp3) is 0.429. The summed E-state index contributed by atoms with van der Waals surface area (Å²) < 4.78 is 26.3. The van der Waals surface area contributed by atoms with Crippen LogP contribution < -0.4 is 0 Å². The Kier molecular flexibility index (Phi) is 6.23. The molecule has 7 heteroatoms. The molecule has 0 aliphatic carbocycles. The zero-order chi connectivity index (χ0) is 16.0. The molecular formula is C14H18F2N2O3. The molecular weight excluding hydrogens is 282 g/mol. The fourth-order valence-electron chi connectivity index (χ4n) is 1.72. The summed E-state index contributed by atoms with van der Waals surface area (Å²) in [6.45, 7) is 0.265. The van der Waals surface area contributed by atoms with Gasteiger partial charge in [-0.05, 0) is 25.7 Å². The maximum atomic E-state index is 13.5. The highest BCUT2D eigenvalue weighted by Crippen LogP contribution is 2.11. The molecule has 0 aliphatic heterocycles. The van der Waals surface area contributed by atoms with Crippen molar-refractivity contribution in [1.29, 1.82) is 0 Å². The van der Waals surface area contributed by atoms with Crippen LogP contribution in [0.25, 0.3) is 0 Å². The van der Waals surface area contributed by atoms with E-state index in [-0.39, 0.29) is 18.5 Å². The van der Waals surface area contributed by atoms with Gasteiger partial charge in [-0.2, -0.15) is 0 Å². The Morgan fingerprint density at radius 1 is 1.19 bits per heavy atom. The number of hydrogen-bond donors (Lipinski definition) is 1. The monoisotopic (exact) mass is 300 g/mol. The lowest BCUT2D eigenvalue weighted by molar-refractivity contribution is -0.144. The smallest absolute Gasteiger partial charge is 0.323 e. The number of nitrogens with zero attached hydrogens (tertiary/aromatic N) is 2. The van der Waals surface area contributed by atoms with Crippen LogP contribution >= 0.6 is 0 Å². The molecule has 21 heavy (non-hydrogen) atoms. The lowest BCUT2D eigenvalue weighted by atomic mass is 10.1. The molecule has 0 saturated carbocycles. The number of carbonyl (C=O) groups excluding carboxylic acids is 1. The van der Waals surface area contributed by atoms with Crippen molar-refractivity contribution in [2.24, 2.45) is 0 Å². The van der Waals surface area contributed by atoms with Gasteiger partial charge in [0.15, 0.2) is 0 Å². The van der Waals surface area contributed by atoms with Crippen LogP contribution in [0, 0.1) is 11.6 Å². The summed E-state index contributed by atoms with van der Waals surface area (Å²) in [7, 11) is 3.59. The maximum absolute atomic E-state index is 13.5. The number of halogens is 2. The number of carboxylic acid groups (broad SMARTS) is 1. The van der Waals surface area contributed by atoms with Crippen molar-refractivity contribution in [1.82, 2.24) is 9.80 Å². The molecule has 0 aliphatic rings. The molecule has 0 radical (unpaired) electrons. The van der Waals surface area contributed by atoms with Crippen molar-refractivity contribution < 1.29 is 23.5 Å². The van der Waals surface area contributed by atoms with Gasteiger partial charge in [-0.15, -0.1) is 0 Å². The zero-order valence-corrected chi connectivity index (χ0v) is 12.0. The number of aliphatic carboxylic acids is 1. The van der Waals surface area contributed by atoms with E-state index in [2.05, 4.69) is 0 Å². The SMILES string of the molecule is CN(C)CCN(CC(=O)O)C(=O)Cc1ccc(F)cc1F. The average Bonchev–Trinajstić information content (AvgIpc) is 2.37. The van der Waals surface area contributed by atoms with Crippen LogP contribution in [0.15, 0.2) is 18.2 Å². The highest BCUT2D eigenvalue weighted by Gasteiger charge is 2.18. The Morgan fingerprint density at radius 3 is 2.38 bits per heavy atom. The van der Waals surface area contributed by atoms with Crippen molar-refractivity contribution in [2.45, 2.75) is 6.42 Å². The third kappa shape index (κ3) is 5.86. The van der Waals surface area contributed by atoms with Crippen LogP contribution in [0.2, 0.25) is 0 Å². The van der Waals surface area contributed by atoms with Crippen LogP contribution in [0.4, 0.5) is 8.78 Å². The zero-order valence-electron chi connectivity index (χ0n) is 12.0. The summed E-state index contributed by atoms with van der Waals surface area (Å²) in [6, 6.07) is 2.95. The van der Waals surface area contributed by atoms with Crippen LogP contribution in [-0.4, -0.2) is 60.5 Å². The van der Waals surface area contributed by atoms with Gasteiger partial charge in [0.1, 0.15) is 18.2 Å². The van der Waals surface area contributed by atoms with E-state index in [9.17, 15) is 18.4 Å². The fourth-order valence-corrected chi connectivity index (χ4v) is 1.72. The van der Waals surface area contributed by atoms with E-state index in [1.807, 2.05) is 0 Å². The molecule has 1 rings (SSSR count). The molecule has 0 fully saturated rings. The van der Waals surface area contributed by atoms with E-state index in [1.54, 1.807) is 19.0 Å². The second-order valence-corrected chi connectivity index (χ2v) is 4.92. The number of rotatable bonds is 7. The van der Waals surface area contributed by atoms with Gasteiger partial charge in [0.2, 0.25) is 5.91 Å². The molecule has 0 heterocycles. The molecule has 1 N–H and O–H groups in total. The Bertz CT molecular complexity index is 521. The molecule has 0 saturated heterocycles. The van der Waals surface area contributed by atoms with Gasteiger partial charge in [-0.25, -0.2) is 8.78 Å². The third-order valence-electron chi connectivity index (χ3n) is 2.85. The molecule has 0 unspecified atom stereocenters.